The van der Waals surface area contributed by atoms with E-state index in [2.05, 4.69) is 219 Å². The smallest absolute Gasteiger partial charge is 0.0624 e. The minimum atomic E-state index is -3.05. The number of aryl methyl sites for hydroxylation is 1. The molecule has 0 fully saturated rings. The van der Waals surface area contributed by atoms with Gasteiger partial charge in [-0.25, -0.2) is 0 Å². The fraction of sp³-hybridized carbons (Fsp3) is 0.0204. The van der Waals surface area contributed by atoms with Gasteiger partial charge in [-0.15, -0.1) is 0 Å². The molecule has 0 saturated carbocycles. The van der Waals surface area contributed by atoms with Crippen LogP contribution in [0.5, 0.6) is 0 Å². The van der Waals surface area contributed by atoms with Crippen molar-refractivity contribution in [2.24, 2.45) is 0 Å². The Hall–Kier alpha value is -5.81. The largest absolute Gasteiger partial charge is 0.180 e. The standard InChI is InChI=1S/C49H38Si2/c1-37-21-20-32-43-42-30-14-16-33-45(42)50(38-22-6-2-7-23-38,39-24-8-3-9-25-39)47-35-18-19-36-48(47)51(40-26-10-4-11-27-40,41-28-12-5-13-29-41)46-34-17-15-31-44(46)49(37)43/h2-36H,1H3. The average molecular weight is 683 g/mol. The van der Waals surface area contributed by atoms with Crippen molar-refractivity contribution >= 4 is 57.6 Å². The lowest BCUT2D eigenvalue weighted by atomic mass is 9.91. The molecule has 9 rings (SSSR count). The minimum Gasteiger partial charge on any atom is -0.0624 e. The summed E-state index contributed by atoms with van der Waals surface area (Å²) in [6.45, 7) is 2.30. The second-order valence-corrected chi connectivity index (χ2v) is 21.1. The summed E-state index contributed by atoms with van der Waals surface area (Å²) in [6.07, 6.45) is 0. The third kappa shape index (κ3) is 4.71. The SMILES string of the molecule is Cc1cccc2c1-c1ccccc1[Si](c1ccccc1)(c1ccccc1)c1ccccc1[Si](c1ccccc1)(c1ccccc1)c1ccccc1-2. The first-order valence-electron chi connectivity index (χ1n) is 17.9. The normalized spacial score (nSPS) is 13.9. The van der Waals surface area contributed by atoms with Crippen molar-refractivity contribution in [3.63, 3.8) is 0 Å². The van der Waals surface area contributed by atoms with Crippen molar-refractivity contribution in [3.8, 4) is 22.3 Å². The van der Waals surface area contributed by atoms with E-state index in [4.69, 9.17) is 0 Å². The van der Waals surface area contributed by atoms with Gasteiger partial charge in [0.15, 0.2) is 16.1 Å². The molecule has 0 atom stereocenters. The van der Waals surface area contributed by atoms with Crippen molar-refractivity contribution in [1.29, 1.82) is 0 Å². The molecule has 0 radical (unpaired) electrons. The highest BCUT2D eigenvalue weighted by molar-refractivity contribution is 7.27. The molecule has 1 heterocycles. The highest BCUT2D eigenvalue weighted by Gasteiger charge is 2.51. The zero-order chi connectivity index (χ0) is 34.3. The third-order valence-electron chi connectivity index (χ3n) is 11.1. The molecular formula is C49H38Si2. The van der Waals surface area contributed by atoms with E-state index in [1.165, 1.54) is 69.3 Å². The number of fused-ring (bicyclic) bond motifs is 6. The van der Waals surface area contributed by atoms with Crippen LogP contribution >= 0.6 is 0 Å². The predicted octanol–water partition coefficient (Wildman–Crippen LogP) is 6.40. The number of hydrogen-bond acceptors (Lipinski definition) is 0. The van der Waals surface area contributed by atoms with Crippen molar-refractivity contribution < 1.29 is 0 Å². The molecule has 0 bridgehead atoms. The summed E-state index contributed by atoms with van der Waals surface area (Å²) in [5.41, 5.74) is 6.55. The van der Waals surface area contributed by atoms with Gasteiger partial charge in [-0.1, -0.05) is 212 Å². The maximum Gasteiger partial charge on any atom is 0.180 e. The maximum absolute atomic E-state index is 3.05. The highest BCUT2D eigenvalue weighted by Crippen LogP contribution is 2.36. The average Bonchev–Trinajstić information content (AvgIpc) is 3.21. The van der Waals surface area contributed by atoms with Crippen molar-refractivity contribution in [3.05, 3.63) is 218 Å². The van der Waals surface area contributed by atoms with Gasteiger partial charge in [0.1, 0.15) is 0 Å². The van der Waals surface area contributed by atoms with Crippen LogP contribution in [-0.4, -0.2) is 16.1 Å². The van der Waals surface area contributed by atoms with Gasteiger partial charge in [-0.3, -0.25) is 0 Å². The van der Waals surface area contributed by atoms with E-state index >= 15 is 0 Å². The van der Waals surface area contributed by atoms with Crippen molar-refractivity contribution in [2.45, 2.75) is 6.92 Å². The fourth-order valence-electron chi connectivity index (χ4n) is 9.08. The quantitative estimate of drug-likeness (QED) is 0.189. The van der Waals surface area contributed by atoms with Gasteiger partial charge in [-0.05, 0) is 76.2 Å². The molecule has 2 heteroatoms. The van der Waals surface area contributed by atoms with Crippen LogP contribution in [0.2, 0.25) is 0 Å². The van der Waals surface area contributed by atoms with Gasteiger partial charge in [0.2, 0.25) is 0 Å². The molecule has 1 aliphatic rings. The van der Waals surface area contributed by atoms with E-state index in [1.807, 2.05) is 0 Å². The van der Waals surface area contributed by atoms with E-state index in [0.717, 1.165) is 0 Å². The van der Waals surface area contributed by atoms with Gasteiger partial charge >= 0.3 is 0 Å². The number of benzene rings is 8. The molecule has 0 unspecified atom stereocenters. The number of hydrogen-bond donors (Lipinski definition) is 0. The van der Waals surface area contributed by atoms with Gasteiger partial charge in [0.25, 0.3) is 0 Å². The van der Waals surface area contributed by atoms with Crippen LogP contribution in [0.3, 0.4) is 0 Å². The Morgan fingerprint density at radius 1 is 0.255 bits per heavy atom. The third-order valence-corrected chi connectivity index (χ3v) is 21.1. The maximum atomic E-state index is 2.49. The van der Waals surface area contributed by atoms with Crippen LogP contribution in [0.25, 0.3) is 22.3 Å². The predicted molar refractivity (Wildman–Crippen MR) is 223 cm³/mol. The molecule has 0 saturated heterocycles. The van der Waals surface area contributed by atoms with Gasteiger partial charge in [0.05, 0.1) is 0 Å². The Morgan fingerprint density at radius 2 is 0.569 bits per heavy atom. The molecule has 8 aromatic rings. The summed E-state index contributed by atoms with van der Waals surface area (Å²) in [4.78, 5) is 0. The lowest BCUT2D eigenvalue weighted by molar-refractivity contribution is 1.46. The molecule has 51 heavy (non-hydrogen) atoms. The Labute approximate surface area is 303 Å². The lowest BCUT2D eigenvalue weighted by Crippen LogP contribution is -2.85. The molecule has 0 amide bonds. The zero-order valence-corrected chi connectivity index (χ0v) is 30.7. The van der Waals surface area contributed by atoms with E-state index in [-0.39, 0.29) is 0 Å². The summed E-state index contributed by atoms with van der Waals surface area (Å²) in [5.74, 6) is 0. The van der Waals surface area contributed by atoms with E-state index in [9.17, 15) is 0 Å². The second-order valence-electron chi connectivity index (χ2n) is 13.6. The van der Waals surface area contributed by atoms with Crippen LogP contribution in [-0.2, 0) is 0 Å². The first-order valence-corrected chi connectivity index (χ1v) is 21.9. The van der Waals surface area contributed by atoms with Crippen LogP contribution in [0.1, 0.15) is 5.56 Å². The monoisotopic (exact) mass is 682 g/mol. The summed E-state index contributed by atoms with van der Waals surface area (Å²) in [7, 11) is -6.09. The Balaban J connectivity index is 1.63. The van der Waals surface area contributed by atoms with Gasteiger partial charge < -0.3 is 0 Å². The Bertz CT molecular complexity index is 2390. The summed E-state index contributed by atoms with van der Waals surface area (Å²) < 4.78 is 0. The first-order chi connectivity index (χ1) is 25.3. The van der Waals surface area contributed by atoms with Crippen LogP contribution in [0, 0.1) is 6.92 Å². The van der Waals surface area contributed by atoms with Crippen molar-refractivity contribution in [2.75, 3.05) is 0 Å². The Kier molecular flexibility index (Phi) is 7.84. The van der Waals surface area contributed by atoms with Crippen LogP contribution < -0.4 is 41.5 Å². The second kappa shape index (κ2) is 12.8. The summed E-state index contributed by atoms with van der Waals surface area (Å²) >= 11 is 0. The molecule has 8 aromatic carbocycles. The van der Waals surface area contributed by atoms with E-state index < -0.39 is 16.1 Å². The molecular weight excluding hydrogens is 645 g/mol. The zero-order valence-electron chi connectivity index (χ0n) is 28.7. The van der Waals surface area contributed by atoms with Crippen molar-refractivity contribution in [1.82, 2.24) is 0 Å². The lowest BCUT2D eigenvalue weighted by Gasteiger charge is -2.44. The molecule has 0 nitrogen and oxygen atoms in total. The minimum absolute atomic E-state index is 1.29. The van der Waals surface area contributed by atoms with Crippen LogP contribution in [0.15, 0.2) is 212 Å². The molecule has 0 aliphatic carbocycles. The van der Waals surface area contributed by atoms with Gasteiger partial charge in [0, 0.05) is 0 Å². The molecule has 0 spiro atoms. The topological polar surface area (TPSA) is 0 Å². The van der Waals surface area contributed by atoms with E-state index in [0.29, 0.717) is 0 Å². The van der Waals surface area contributed by atoms with Gasteiger partial charge in [-0.2, -0.15) is 0 Å². The fourth-order valence-corrected chi connectivity index (χ4v) is 20.3. The highest BCUT2D eigenvalue weighted by atomic mass is 28.3. The molecule has 1 aliphatic heterocycles. The molecule has 0 N–H and O–H groups in total. The summed E-state index contributed by atoms with van der Waals surface area (Å²) in [6, 6.07) is 81.0. The number of rotatable bonds is 4. The molecule has 242 valence electrons. The van der Waals surface area contributed by atoms with E-state index in [1.54, 1.807) is 0 Å². The van der Waals surface area contributed by atoms with Crippen LogP contribution in [0.4, 0.5) is 0 Å². The first kappa shape index (κ1) is 31.2. The molecule has 0 aromatic heterocycles. The Morgan fingerprint density at radius 3 is 1.00 bits per heavy atom. The summed E-state index contributed by atoms with van der Waals surface area (Å²) in [5, 5.41) is 11.3.